The number of carbonyl (C=O) groups excluding carboxylic acids is 3. The largest absolute Gasteiger partial charge is 0.465 e. The summed E-state index contributed by atoms with van der Waals surface area (Å²) in [6.45, 7) is 0. The standard InChI is InChI=1S/C24H15BrO6/c1-29-23(27)15-8-6-14(7-9-15)12-21-22(26)18-11-10-16(13-20(18)31-21)30-24(28)17-4-2-3-5-19(17)25/h2-13H,1H3. The van der Waals surface area contributed by atoms with Crippen LogP contribution in [-0.4, -0.2) is 24.8 Å². The molecule has 0 unspecified atom stereocenters. The van der Waals surface area contributed by atoms with Crippen LogP contribution in [0.5, 0.6) is 11.5 Å². The van der Waals surface area contributed by atoms with Crippen LogP contribution in [0.4, 0.5) is 0 Å². The van der Waals surface area contributed by atoms with E-state index in [1.165, 1.54) is 13.2 Å². The molecule has 0 saturated carbocycles. The van der Waals surface area contributed by atoms with Crippen molar-refractivity contribution in [3.8, 4) is 11.5 Å². The van der Waals surface area contributed by atoms with Crippen LogP contribution in [-0.2, 0) is 4.74 Å². The third-order valence-corrected chi connectivity index (χ3v) is 5.27. The fraction of sp³-hybridized carbons (Fsp3) is 0.0417. The topological polar surface area (TPSA) is 78.9 Å². The molecule has 6 nitrogen and oxygen atoms in total. The highest BCUT2D eigenvalue weighted by Crippen LogP contribution is 2.35. The zero-order valence-corrected chi connectivity index (χ0v) is 17.8. The number of allylic oxidation sites excluding steroid dienone is 1. The second-order valence-electron chi connectivity index (χ2n) is 6.58. The number of hydrogen-bond donors (Lipinski definition) is 0. The van der Waals surface area contributed by atoms with Crippen molar-refractivity contribution >= 4 is 39.7 Å². The number of Topliss-reactive ketones (excluding diaryl/α,β-unsaturated/α-hetero) is 1. The second-order valence-corrected chi connectivity index (χ2v) is 7.44. The molecule has 0 radical (unpaired) electrons. The van der Waals surface area contributed by atoms with Crippen LogP contribution in [0.3, 0.4) is 0 Å². The lowest BCUT2D eigenvalue weighted by molar-refractivity contribution is 0.0600. The molecule has 0 amide bonds. The van der Waals surface area contributed by atoms with Crippen molar-refractivity contribution in [1.82, 2.24) is 0 Å². The quantitative estimate of drug-likeness (QED) is 0.295. The minimum atomic E-state index is -0.529. The Balaban J connectivity index is 1.53. The van der Waals surface area contributed by atoms with Gasteiger partial charge in [0.25, 0.3) is 0 Å². The molecule has 3 aromatic rings. The predicted molar refractivity (Wildman–Crippen MR) is 116 cm³/mol. The van der Waals surface area contributed by atoms with E-state index in [2.05, 4.69) is 20.7 Å². The van der Waals surface area contributed by atoms with Crippen LogP contribution in [0.2, 0.25) is 0 Å². The molecule has 0 fully saturated rings. The highest BCUT2D eigenvalue weighted by Gasteiger charge is 2.28. The first-order valence-corrected chi connectivity index (χ1v) is 9.99. The Morgan fingerprint density at radius 1 is 0.968 bits per heavy atom. The number of rotatable bonds is 4. The lowest BCUT2D eigenvalue weighted by Gasteiger charge is -2.07. The van der Waals surface area contributed by atoms with E-state index >= 15 is 0 Å². The predicted octanol–water partition coefficient (Wildman–Crippen LogP) is 5.07. The maximum Gasteiger partial charge on any atom is 0.344 e. The van der Waals surface area contributed by atoms with E-state index in [1.54, 1.807) is 66.7 Å². The third kappa shape index (κ3) is 4.27. The number of hydrogen-bond acceptors (Lipinski definition) is 6. The second kappa shape index (κ2) is 8.57. The van der Waals surface area contributed by atoms with E-state index in [9.17, 15) is 14.4 Å². The molecule has 0 atom stereocenters. The van der Waals surface area contributed by atoms with Gasteiger partial charge >= 0.3 is 11.9 Å². The summed E-state index contributed by atoms with van der Waals surface area (Å²) in [6, 6.07) is 18.1. The van der Waals surface area contributed by atoms with Crippen LogP contribution in [0.1, 0.15) is 36.6 Å². The summed E-state index contributed by atoms with van der Waals surface area (Å²) < 4.78 is 16.4. The molecule has 0 bridgehead atoms. The molecule has 0 spiro atoms. The minimum Gasteiger partial charge on any atom is -0.465 e. The minimum absolute atomic E-state index is 0.134. The molecular weight excluding hydrogens is 464 g/mol. The zero-order valence-electron chi connectivity index (χ0n) is 16.3. The number of carbonyl (C=O) groups is 3. The summed E-state index contributed by atoms with van der Waals surface area (Å²) >= 11 is 3.32. The smallest absolute Gasteiger partial charge is 0.344 e. The Hall–Kier alpha value is -3.71. The molecular formula is C24H15BrO6. The molecule has 1 aliphatic rings. The number of ether oxygens (including phenoxy) is 3. The van der Waals surface area contributed by atoms with Gasteiger partial charge in [0.2, 0.25) is 5.78 Å². The Bertz CT molecular complexity index is 1230. The van der Waals surface area contributed by atoms with Crippen LogP contribution >= 0.6 is 15.9 Å². The molecule has 0 saturated heterocycles. The number of benzene rings is 3. The van der Waals surface area contributed by atoms with Gasteiger partial charge in [-0.25, -0.2) is 9.59 Å². The summed E-state index contributed by atoms with van der Waals surface area (Å²) in [7, 11) is 1.31. The Kier molecular flexibility index (Phi) is 5.68. The summed E-state index contributed by atoms with van der Waals surface area (Å²) in [4.78, 5) is 36.6. The average molecular weight is 479 g/mol. The Morgan fingerprint density at radius 2 is 1.71 bits per heavy atom. The average Bonchev–Trinajstić information content (AvgIpc) is 3.08. The lowest BCUT2D eigenvalue weighted by Crippen LogP contribution is -2.09. The summed E-state index contributed by atoms with van der Waals surface area (Å²) in [6.07, 6.45) is 1.58. The van der Waals surface area contributed by atoms with Crippen molar-refractivity contribution in [2.45, 2.75) is 0 Å². The number of esters is 2. The normalized spacial score (nSPS) is 13.5. The van der Waals surface area contributed by atoms with E-state index in [1.807, 2.05) is 0 Å². The molecule has 7 heteroatoms. The number of fused-ring (bicyclic) bond motifs is 1. The van der Waals surface area contributed by atoms with Crippen molar-refractivity contribution in [2.75, 3.05) is 7.11 Å². The van der Waals surface area contributed by atoms with E-state index < -0.39 is 11.9 Å². The van der Waals surface area contributed by atoms with Crippen molar-refractivity contribution in [2.24, 2.45) is 0 Å². The van der Waals surface area contributed by atoms with Crippen LogP contribution < -0.4 is 9.47 Å². The maximum absolute atomic E-state index is 12.6. The molecule has 3 aromatic carbocycles. The van der Waals surface area contributed by atoms with Crippen molar-refractivity contribution in [3.05, 3.63) is 99.2 Å². The summed E-state index contributed by atoms with van der Waals surface area (Å²) in [5.41, 5.74) is 1.85. The molecule has 1 heterocycles. The van der Waals surface area contributed by atoms with E-state index in [0.717, 1.165) is 0 Å². The lowest BCUT2D eigenvalue weighted by atomic mass is 10.1. The Labute approximate surface area is 186 Å². The van der Waals surface area contributed by atoms with Gasteiger partial charge in [0.05, 0.1) is 23.8 Å². The summed E-state index contributed by atoms with van der Waals surface area (Å²) in [5, 5.41) is 0. The molecule has 1 aliphatic heterocycles. The van der Waals surface area contributed by atoms with Crippen LogP contribution in [0.25, 0.3) is 6.08 Å². The van der Waals surface area contributed by atoms with Crippen LogP contribution in [0, 0.1) is 0 Å². The van der Waals surface area contributed by atoms with Gasteiger partial charge in [-0.2, -0.15) is 0 Å². The van der Waals surface area contributed by atoms with Crippen molar-refractivity contribution in [3.63, 3.8) is 0 Å². The van der Waals surface area contributed by atoms with Crippen molar-refractivity contribution in [1.29, 1.82) is 0 Å². The van der Waals surface area contributed by atoms with Gasteiger partial charge in [-0.05, 0) is 64.0 Å². The molecule has 0 N–H and O–H groups in total. The first kappa shape index (κ1) is 20.6. The third-order valence-electron chi connectivity index (χ3n) is 4.58. The van der Waals surface area contributed by atoms with Crippen molar-refractivity contribution < 1.29 is 28.6 Å². The van der Waals surface area contributed by atoms with Gasteiger partial charge in [0, 0.05) is 10.5 Å². The first-order valence-electron chi connectivity index (χ1n) is 9.19. The number of ketones is 1. The summed E-state index contributed by atoms with van der Waals surface area (Å²) in [5.74, 6) is -0.552. The van der Waals surface area contributed by atoms with Gasteiger partial charge in [-0.3, -0.25) is 4.79 Å². The van der Waals surface area contributed by atoms with Gasteiger partial charge in [-0.1, -0.05) is 24.3 Å². The number of methoxy groups -OCH3 is 1. The fourth-order valence-corrected chi connectivity index (χ4v) is 3.45. The number of halogens is 1. The van der Waals surface area contributed by atoms with E-state index in [4.69, 9.17) is 9.47 Å². The van der Waals surface area contributed by atoms with Crippen LogP contribution in [0.15, 0.2) is 77.0 Å². The van der Waals surface area contributed by atoms with Gasteiger partial charge < -0.3 is 14.2 Å². The monoisotopic (exact) mass is 478 g/mol. The van der Waals surface area contributed by atoms with E-state index in [0.29, 0.717) is 32.5 Å². The van der Waals surface area contributed by atoms with Gasteiger partial charge in [0.1, 0.15) is 11.5 Å². The zero-order chi connectivity index (χ0) is 22.0. The highest BCUT2D eigenvalue weighted by molar-refractivity contribution is 9.10. The first-order chi connectivity index (χ1) is 15.0. The Morgan fingerprint density at radius 3 is 2.42 bits per heavy atom. The molecule has 154 valence electrons. The van der Waals surface area contributed by atoms with E-state index in [-0.39, 0.29) is 17.3 Å². The van der Waals surface area contributed by atoms with Gasteiger partial charge in [0.15, 0.2) is 5.76 Å². The van der Waals surface area contributed by atoms with Gasteiger partial charge in [-0.15, -0.1) is 0 Å². The molecule has 31 heavy (non-hydrogen) atoms. The SMILES string of the molecule is COC(=O)c1ccc(C=C2Oc3cc(OC(=O)c4ccccc4Br)ccc3C2=O)cc1. The fourth-order valence-electron chi connectivity index (χ4n) is 3.00. The molecule has 0 aromatic heterocycles. The maximum atomic E-state index is 12.6. The molecule has 4 rings (SSSR count). The molecule has 0 aliphatic carbocycles. The highest BCUT2D eigenvalue weighted by atomic mass is 79.9.